The molecule has 0 spiro atoms. The highest BCUT2D eigenvalue weighted by atomic mass is 16.7. The number of fused-ring (bicyclic) bond motifs is 1. The number of pyridine rings is 1. The first-order valence-corrected chi connectivity index (χ1v) is 6.51. The standard InChI is InChI=1S/C15H16N2O3/c16-9-12-7-14-15(20-10-19-14)8-13(12)18-6-3-11-1-4-17-5-2-11/h1-2,4-5,7-8H,3,6,9-10,16H2. The fourth-order valence-corrected chi connectivity index (χ4v) is 2.09. The third-order valence-electron chi connectivity index (χ3n) is 3.17. The van der Waals surface area contributed by atoms with E-state index in [0.29, 0.717) is 18.9 Å². The largest absolute Gasteiger partial charge is 0.493 e. The lowest BCUT2D eigenvalue weighted by Gasteiger charge is -2.11. The van der Waals surface area contributed by atoms with Gasteiger partial charge < -0.3 is 19.9 Å². The van der Waals surface area contributed by atoms with Gasteiger partial charge in [0.25, 0.3) is 0 Å². The minimum absolute atomic E-state index is 0.250. The zero-order valence-corrected chi connectivity index (χ0v) is 11.0. The van der Waals surface area contributed by atoms with Gasteiger partial charge in [0.2, 0.25) is 6.79 Å². The Morgan fingerprint density at radius 1 is 1.15 bits per heavy atom. The Morgan fingerprint density at radius 2 is 1.90 bits per heavy atom. The molecule has 3 rings (SSSR count). The van der Waals surface area contributed by atoms with Gasteiger partial charge in [-0.25, -0.2) is 0 Å². The van der Waals surface area contributed by atoms with Crippen LogP contribution < -0.4 is 19.9 Å². The van der Waals surface area contributed by atoms with E-state index in [0.717, 1.165) is 23.5 Å². The van der Waals surface area contributed by atoms with E-state index in [1.807, 2.05) is 24.3 Å². The molecule has 5 nitrogen and oxygen atoms in total. The molecule has 1 aromatic carbocycles. The van der Waals surface area contributed by atoms with Gasteiger partial charge in [0.05, 0.1) is 6.61 Å². The molecule has 0 saturated carbocycles. The second kappa shape index (κ2) is 5.79. The molecule has 0 aliphatic carbocycles. The first kappa shape index (κ1) is 12.7. The Bertz CT molecular complexity index is 587. The van der Waals surface area contributed by atoms with Gasteiger partial charge in [-0.2, -0.15) is 0 Å². The van der Waals surface area contributed by atoms with Gasteiger partial charge >= 0.3 is 0 Å². The third kappa shape index (κ3) is 2.67. The average Bonchev–Trinajstić information content (AvgIpc) is 2.94. The predicted molar refractivity (Wildman–Crippen MR) is 73.9 cm³/mol. The zero-order valence-electron chi connectivity index (χ0n) is 11.0. The van der Waals surface area contributed by atoms with Gasteiger partial charge in [-0.1, -0.05) is 0 Å². The van der Waals surface area contributed by atoms with Crippen molar-refractivity contribution in [3.63, 3.8) is 0 Å². The highest BCUT2D eigenvalue weighted by molar-refractivity contribution is 5.51. The van der Waals surface area contributed by atoms with Crippen LogP contribution in [0.2, 0.25) is 0 Å². The Balaban J connectivity index is 1.68. The van der Waals surface area contributed by atoms with Crippen molar-refractivity contribution in [1.82, 2.24) is 4.98 Å². The summed E-state index contributed by atoms with van der Waals surface area (Å²) >= 11 is 0. The molecule has 5 heteroatoms. The van der Waals surface area contributed by atoms with Crippen molar-refractivity contribution in [2.24, 2.45) is 5.73 Å². The van der Waals surface area contributed by atoms with Gasteiger partial charge in [-0.05, 0) is 23.8 Å². The summed E-state index contributed by atoms with van der Waals surface area (Å²) in [6.07, 6.45) is 4.38. The Labute approximate surface area is 117 Å². The highest BCUT2D eigenvalue weighted by Gasteiger charge is 2.17. The summed E-state index contributed by atoms with van der Waals surface area (Å²) in [6, 6.07) is 7.68. The molecule has 2 aromatic rings. The summed E-state index contributed by atoms with van der Waals surface area (Å²) in [4.78, 5) is 3.99. The molecule has 0 saturated heterocycles. The van der Waals surface area contributed by atoms with Crippen molar-refractivity contribution in [3.8, 4) is 17.2 Å². The summed E-state index contributed by atoms with van der Waals surface area (Å²) in [6.45, 7) is 1.23. The lowest BCUT2D eigenvalue weighted by molar-refractivity contribution is 0.173. The molecule has 2 N–H and O–H groups in total. The van der Waals surface area contributed by atoms with Crippen LogP contribution >= 0.6 is 0 Å². The average molecular weight is 272 g/mol. The topological polar surface area (TPSA) is 66.6 Å². The lowest BCUT2D eigenvalue weighted by Crippen LogP contribution is -2.06. The molecule has 1 aliphatic heterocycles. The SMILES string of the molecule is NCc1cc2c(cc1OCCc1ccncc1)OCO2. The van der Waals surface area contributed by atoms with Crippen LogP contribution in [-0.2, 0) is 13.0 Å². The van der Waals surface area contributed by atoms with Crippen molar-refractivity contribution in [1.29, 1.82) is 0 Å². The molecule has 0 atom stereocenters. The first-order valence-electron chi connectivity index (χ1n) is 6.51. The number of ether oxygens (including phenoxy) is 3. The third-order valence-corrected chi connectivity index (χ3v) is 3.17. The van der Waals surface area contributed by atoms with E-state index in [1.165, 1.54) is 5.56 Å². The number of nitrogens with zero attached hydrogens (tertiary/aromatic N) is 1. The van der Waals surface area contributed by atoms with Gasteiger partial charge in [0.1, 0.15) is 5.75 Å². The van der Waals surface area contributed by atoms with Gasteiger partial charge in [0.15, 0.2) is 11.5 Å². The second-order valence-corrected chi connectivity index (χ2v) is 4.47. The smallest absolute Gasteiger partial charge is 0.231 e. The summed E-state index contributed by atoms with van der Waals surface area (Å²) in [7, 11) is 0. The van der Waals surface area contributed by atoms with E-state index in [9.17, 15) is 0 Å². The van der Waals surface area contributed by atoms with Crippen LogP contribution in [0.3, 0.4) is 0 Å². The van der Waals surface area contributed by atoms with E-state index in [1.54, 1.807) is 12.4 Å². The molecule has 0 radical (unpaired) electrons. The predicted octanol–water partition coefficient (Wildman–Crippen LogP) is 1.89. The molecule has 1 aliphatic rings. The van der Waals surface area contributed by atoms with Crippen LogP contribution in [0.25, 0.3) is 0 Å². The van der Waals surface area contributed by atoms with Crippen LogP contribution in [0.1, 0.15) is 11.1 Å². The maximum absolute atomic E-state index is 5.82. The maximum atomic E-state index is 5.82. The second-order valence-electron chi connectivity index (χ2n) is 4.47. The number of rotatable bonds is 5. The van der Waals surface area contributed by atoms with Crippen LogP contribution in [0.15, 0.2) is 36.7 Å². The van der Waals surface area contributed by atoms with E-state index in [2.05, 4.69) is 4.98 Å². The fourth-order valence-electron chi connectivity index (χ4n) is 2.09. The van der Waals surface area contributed by atoms with Crippen molar-refractivity contribution >= 4 is 0 Å². The van der Waals surface area contributed by atoms with Crippen LogP contribution in [-0.4, -0.2) is 18.4 Å². The lowest BCUT2D eigenvalue weighted by atomic mass is 10.1. The van der Waals surface area contributed by atoms with E-state index >= 15 is 0 Å². The molecular weight excluding hydrogens is 256 g/mol. The first-order chi connectivity index (χ1) is 9.86. The Hall–Kier alpha value is -2.27. The fraction of sp³-hybridized carbons (Fsp3) is 0.267. The maximum Gasteiger partial charge on any atom is 0.231 e. The quantitative estimate of drug-likeness (QED) is 0.900. The van der Waals surface area contributed by atoms with E-state index < -0.39 is 0 Å². The Kier molecular flexibility index (Phi) is 3.69. The molecule has 0 amide bonds. The van der Waals surface area contributed by atoms with Crippen molar-refractivity contribution < 1.29 is 14.2 Å². The summed E-state index contributed by atoms with van der Waals surface area (Å²) < 4.78 is 16.5. The monoisotopic (exact) mass is 272 g/mol. The molecule has 0 bridgehead atoms. The number of benzene rings is 1. The minimum atomic E-state index is 0.250. The van der Waals surface area contributed by atoms with Crippen LogP contribution in [0.4, 0.5) is 0 Å². The summed E-state index contributed by atoms with van der Waals surface area (Å²) in [5, 5.41) is 0. The molecule has 1 aromatic heterocycles. The number of nitrogens with two attached hydrogens (primary N) is 1. The summed E-state index contributed by atoms with van der Waals surface area (Å²) in [5.74, 6) is 2.19. The van der Waals surface area contributed by atoms with Crippen LogP contribution in [0.5, 0.6) is 17.2 Å². The van der Waals surface area contributed by atoms with Gasteiger partial charge in [-0.3, -0.25) is 4.98 Å². The normalized spacial score (nSPS) is 12.4. The summed E-state index contributed by atoms with van der Waals surface area (Å²) in [5.41, 5.74) is 7.85. The molecule has 104 valence electrons. The van der Waals surface area contributed by atoms with Crippen molar-refractivity contribution in [2.45, 2.75) is 13.0 Å². The van der Waals surface area contributed by atoms with E-state index in [-0.39, 0.29) is 6.79 Å². The number of hydrogen-bond donors (Lipinski definition) is 1. The molecule has 0 fully saturated rings. The van der Waals surface area contributed by atoms with E-state index in [4.69, 9.17) is 19.9 Å². The molecule has 0 unspecified atom stereocenters. The van der Waals surface area contributed by atoms with Gasteiger partial charge in [-0.15, -0.1) is 0 Å². The molecule has 20 heavy (non-hydrogen) atoms. The molecular formula is C15H16N2O3. The van der Waals surface area contributed by atoms with Gasteiger partial charge in [0, 0.05) is 37.0 Å². The number of hydrogen-bond acceptors (Lipinski definition) is 5. The van der Waals surface area contributed by atoms with Crippen LogP contribution in [0, 0.1) is 0 Å². The number of aromatic nitrogens is 1. The highest BCUT2D eigenvalue weighted by Crippen LogP contribution is 2.38. The molecule has 2 heterocycles. The minimum Gasteiger partial charge on any atom is -0.493 e. The van der Waals surface area contributed by atoms with Crippen molar-refractivity contribution in [3.05, 3.63) is 47.8 Å². The Morgan fingerprint density at radius 3 is 2.65 bits per heavy atom. The zero-order chi connectivity index (χ0) is 13.8. The van der Waals surface area contributed by atoms with Crippen molar-refractivity contribution in [2.75, 3.05) is 13.4 Å².